The fourth-order valence-corrected chi connectivity index (χ4v) is 4.50. The Balaban J connectivity index is 1.40. The summed E-state index contributed by atoms with van der Waals surface area (Å²) in [5, 5.41) is 18.3. The number of non-ortho nitro benzene ring substituents is 1. The van der Waals surface area contributed by atoms with Gasteiger partial charge in [-0.25, -0.2) is 0 Å². The Hall–Kier alpha value is -4.17. The molecule has 2 N–H and O–H groups in total. The van der Waals surface area contributed by atoms with Gasteiger partial charge >= 0.3 is 0 Å². The molecular formula is C27H23N3O4S. The topological polar surface area (TPSA) is 101 Å². The first kappa shape index (κ1) is 24.0. The molecule has 4 aromatic carbocycles. The highest BCUT2D eigenvalue weighted by atomic mass is 32.2. The first-order chi connectivity index (χ1) is 16.8. The highest BCUT2D eigenvalue weighted by Gasteiger charge is 2.17. The molecule has 0 aromatic heterocycles. The number of rotatable bonds is 7. The molecule has 0 heterocycles. The van der Waals surface area contributed by atoms with E-state index in [2.05, 4.69) is 10.6 Å². The van der Waals surface area contributed by atoms with Crippen LogP contribution in [0.25, 0.3) is 10.8 Å². The first-order valence-electron chi connectivity index (χ1n) is 10.9. The number of nitrogens with one attached hydrogen (secondary N) is 2. The second-order valence-corrected chi connectivity index (χ2v) is 9.46. The first-order valence-corrected chi connectivity index (χ1v) is 11.8. The molecule has 0 saturated heterocycles. The Kier molecular flexibility index (Phi) is 7.12. The van der Waals surface area contributed by atoms with Gasteiger partial charge in [-0.05, 0) is 66.6 Å². The summed E-state index contributed by atoms with van der Waals surface area (Å²) in [5.74, 6) is -0.435. The van der Waals surface area contributed by atoms with Crippen LogP contribution < -0.4 is 10.6 Å². The second kappa shape index (κ2) is 10.4. The van der Waals surface area contributed by atoms with Gasteiger partial charge in [0.15, 0.2) is 0 Å². The molecule has 0 spiro atoms. The lowest BCUT2D eigenvalue weighted by molar-refractivity contribution is -0.384. The van der Waals surface area contributed by atoms with Crippen molar-refractivity contribution in [2.75, 3.05) is 10.6 Å². The lowest BCUT2D eigenvalue weighted by Gasteiger charge is -2.14. The van der Waals surface area contributed by atoms with Gasteiger partial charge in [0.2, 0.25) is 5.91 Å². The summed E-state index contributed by atoms with van der Waals surface area (Å²) in [6.07, 6.45) is 0. The number of hydrogen-bond acceptors (Lipinski definition) is 5. The molecule has 0 aliphatic rings. The molecule has 1 atom stereocenters. The van der Waals surface area contributed by atoms with Gasteiger partial charge in [0.25, 0.3) is 11.6 Å². The third-order valence-electron chi connectivity index (χ3n) is 5.46. The number of nitro groups is 1. The summed E-state index contributed by atoms with van der Waals surface area (Å²) in [6, 6.07) is 25.1. The Morgan fingerprint density at radius 1 is 0.886 bits per heavy atom. The van der Waals surface area contributed by atoms with E-state index in [1.807, 2.05) is 54.6 Å². The van der Waals surface area contributed by atoms with E-state index in [0.717, 1.165) is 15.7 Å². The largest absolute Gasteiger partial charge is 0.325 e. The normalized spacial score (nSPS) is 11.6. The van der Waals surface area contributed by atoms with E-state index >= 15 is 0 Å². The highest BCUT2D eigenvalue weighted by Crippen LogP contribution is 2.28. The van der Waals surface area contributed by atoms with Crippen molar-refractivity contribution in [3.63, 3.8) is 0 Å². The lowest BCUT2D eigenvalue weighted by atomic mass is 10.1. The zero-order chi connectivity index (χ0) is 24.9. The van der Waals surface area contributed by atoms with Crippen LogP contribution in [0.2, 0.25) is 0 Å². The Morgan fingerprint density at radius 2 is 1.66 bits per heavy atom. The molecule has 2 amide bonds. The average molecular weight is 486 g/mol. The number of benzene rings is 4. The van der Waals surface area contributed by atoms with Crippen molar-refractivity contribution >= 4 is 51.4 Å². The number of carbonyl (C=O) groups is 2. The van der Waals surface area contributed by atoms with Crippen LogP contribution in [-0.4, -0.2) is 22.0 Å². The van der Waals surface area contributed by atoms with E-state index in [1.165, 1.54) is 30.0 Å². The quantitative estimate of drug-likeness (QED) is 0.178. The monoisotopic (exact) mass is 485 g/mol. The molecule has 1 unspecified atom stereocenters. The van der Waals surface area contributed by atoms with Crippen LogP contribution in [0.15, 0.2) is 89.8 Å². The number of carbonyl (C=O) groups excluding carboxylic acids is 2. The zero-order valence-electron chi connectivity index (χ0n) is 19.1. The third kappa shape index (κ3) is 5.85. The maximum atomic E-state index is 12.8. The molecule has 8 heteroatoms. The molecule has 4 rings (SSSR count). The van der Waals surface area contributed by atoms with Crippen LogP contribution in [0, 0.1) is 17.0 Å². The van der Waals surface area contributed by atoms with E-state index in [4.69, 9.17) is 0 Å². The van der Waals surface area contributed by atoms with Gasteiger partial charge in [0.05, 0.1) is 10.2 Å². The van der Waals surface area contributed by atoms with Crippen molar-refractivity contribution in [1.29, 1.82) is 0 Å². The van der Waals surface area contributed by atoms with Crippen molar-refractivity contribution in [2.45, 2.75) is 24.0 Å². The van der Waals surface area contributed by atoms with Gasteiger partial charge in [-0.2, -0.15) is 0 Å². The molecule has 0 aliphatic carbocycles. The number of aryl methyl sites for hydroxylation is 1. The molecule has 176 valence electrons. The van der Waals surface area contributed by atoms with Crippen LogP contribution in [-0.2, 0) is 4.79 Å². The summed E-state index contributed by atoms with van der Waals surface area (Å²) in [7, 11) is 0. The number of nitrogens with zero attached hydrogens (tertiary/aromatic N) is 1. The number of amides is 2. The Morgan fingerprint density at radius 3 is 2.40 bits per heavy atom. The van der Waals surface area contributed by atoms with Crippen LogP contribution in [0.3, 0.4) is 0 Å². The average Bonchev–Trinajstić information content (AvgIpc) is 2.85. The highest BCUT2D eigenvalue weighted by molar-refractivity contribution is 8.00. The van der Waals surface area contributed by atoms with Crippen LogP contribution >= 0.6 is 11.8 Å². The van der Waals surface area contributed by atoms with E-state index in [-0.39, 0.29) is 17.5 Å². The molecule has 0 fully saturated rings. The maximum Gasteiger partial charge on any atom is 0.269 e. The number of nitro benzene ring substituents is 1. The van der Waals surface area contributed by atoms with Crippen LogP contribution in [0.5, 0.6) is 0 Å². The summed E-state index contributed by atoms with van der Waals surface area (Å²) in [4.78, 5) is 36.8. The van der Waals surface area contributed by atoms with Gasteiger partial charge < -0.3 is 10.6 Å². The maximum absolute atomic E-state index is 12.8. The summed E-state index contributed by atoms with van der Waals surface area (Å²) in [5.41, 5.74) is 2.32. The molecule has 0 aliphatic heterocycles. The summed E-state index contributed by atoms with van der Waals surface area (Å²) in [6.45, 7) is 3.49. The Bertz CT molecular complexity index is 1440. The third-order valence-corrected chi connectivity index (χ3v) is 6.56. The zero-order valence-corrected chi connectivity index (χ0v) is 20.0. The van der Waals surface area contributed by atoms with Crippen LogP contribution in [0.1, 0.15) is 22.8 Å². The number of thioether (sulfide) groups is 1. The fraction of sp³-hybridized carbons (Fsp3) is 0.111. The number of fused-ring (bicyclic) bond motifs is 1. The fourth-order valence-electron chi connectivity index (χ4n) is 3.57. The van der Waals surface area contributed by atoms with E-state index < -0.39 is 10.2 Å². The van der Waals surface area contributed by atoms with Gasteiger partial charge in [-0.3, -0.25) is 19.7 Å². The number of hydrogen-bond donors (Lipinski definition) is 2. The van der Waals surface area contributed by atoms with Gasteiger partial charge in [-0.1, -0.05) is 36.4 Å². The van der Waals surface area contributed by atoms with Gasteiger partial charge in [0.1, 0.15) is 0 Å². The smallest absolute Gasteiger partial charge is 0.269 e. The predicted molar refractivity (Wildman–Crippen MR) is 140 cm³/mol. The molecular weight excluding hydrogens is 462 g/mol. The molecule has 0 saturated carbocycles. The minimum absolute atomic E-state index is 0.0227. The van der Waals surface area contributed by atoms with E-state index in [0.29, 0.717) is 22.5 Å². The minimum atomic E-state index is -0.469. The van der Waals surface area contributed by atoms with Crippen molar-refractivity contribution in [3.8, 4) is 0 Å². The second-order valence-electron chi connectivity index (χ2n) is 8.05. The number of anilines is 2. The van der Waals surface area contributed by atoms with Crippen molar-refractivity contribution in [1.82, 2.24) is 0 Å². The van der Waals surface area contributed by atoms with Gasteiger partial charge in [0, 0.05) is 34.0 Å². The summed E-state index contributed by atoms with van der Waals surface area (Å²) >= 11 is 1.35. The summed E-state index contributed by atoms with van der Waals surface area (Å²) < 4.78 is 0. The molecule has 0 bridgehead atoms. The molecule has 35 heavy (non-hydrogen) atoms. The van der Waals surface area contributed by atoms with Crippen molar-refractivity contribution in [2.24, 2.45) is 0 Å². The van der Waals surface area contributed by atoms with E-state index in [1.54, 1.807) is 26.0 Å². The lowest BCUT2D eigenvalue weighted by Crippen LogP contribution is -2.22. The molecule has 7 nitrogen and oxygen atoms in total. The molecule has 0 radical (unpaired) electrons. The predicted octanol–water partition coefficient (Wildman–Crippen LogP) is 6.43. The Labute approximate surface area is 206 Å². The standard InChI is InChI=1S/C27H23N3O4S/c1-17-14-23(30(33)34)12-13-25(17)29-26(31)18(2)35-24-9-5-8-22(16-24)28-27(32)21-11-10-19-6-3-4-7-20(19)15-21/h3-16,18H,1-2H3,(H,28,32)(H,29,31). The van der Waals surface area contributed by atoms with Crippen LogP contribution in [0.4, 0.5) is 17.1 Å². The van der Waals surface area contributed by atoms with Gasteiger partial charge in [-0.15, -0.1) is 11.8 Å². The molecule has 4 aromatic rings. The van der Waals surface area contributed by atoms with E-state index in [9.17, 15) is 19.7 Å². The van der Waals surface area contributed by atoms with Crippen molar-refractivity contribution < 1.29 is 14.5 Å². The van der Waals surface area contributed by atoms with Crippen molar-refractivity contribution in [3.05, 3.63) is 106 Å². The minimum Gasteiger partial charge on any atom is -0.325 e. The SMILES string of the molecule is Cc1cc([N+](=O)[O-])ccc1NC(=O)C(C)Sc1cccc(NC(=O)c2ccc3ccccc3c2)c1.